The van der Waals surface area contributed by atoms with Gasteiger partial charge in [-0.15, -0.1) is 0 Å². The summed E-state index contributed by atoms with van der Waals surface area (Å²) in [4.78, 5) is 10.9. The van der Waals surface area contributed by atoms with Gasteiger partial charge in [0.1, 0.15) is 0 Å². The Morgan fingerprint density at radius 2 is 2.17 bits per heavy atom. The van der Waals surface area contributed by atoms with Gasteiger partial charge in [0.2, 0.25) is 5.91 Å². The number of hydrogen-bond donors (Lipinski definition) is 1. The molecule has 3 nitrogen and oxygen atoms in total. The van der Waals surface area contributed by atoms with Crippen LogP contribution < -0.4 is 10.6 Å². The van der Waals surface area contributed by atoms with Crippen molar-refractivity contribution in [2.45, 2.75) is 25.7 Å². The molecular weight excluding hydrogens is 152 g/mol. The second-order valence-corrected chi connectivity index (χ2v) is 3.35. The summed E-state index contributed by atoms with van der Waals surface area (Å²) in [6.45, 7) is 2.23. The molecule has 0 aromatic heterocycles. The molecule has 0 unspecified atom stereocenters. The van der Waals surface area contributed by atoms with Crippen LogP contribution in [0.25, 0.3) is 0 Å². The van der Waals surface area contributed by atoms with E-state index in [0.717, 1.165) is 25.4 Å². The number of piperidine rings is 1. The first-order valence-corrected chi connectivity index (χ1v) is 4.66. The largest absolute Gasteiger partial charge is 0.317 e. The van der Waals surface area contributed by atoms with Crippen molar-refractivity contribution in [2.24, 2.45) is 5.92 Å². The van der Waals surface area contributed by atoms with E-state index in [1.54, 1.807) is 7.05 Å². The first-order chi connectivity index (χ1) is 5.83. The quantitative estimate of drug-likeness (QED) is 0.669. The van der Waals surface area contributed by atoms with Gasteiger partial charge >= 0.3 is 0 Å². The molecule has 1 aliphatic heterocycles. The van der Waals surface area contributed by atoms with Crippen LogP contribution in [0.1, 0.15) is 25.7 Å². The smallest absolute Gasteiger partial charge is 0.240 e. The standard InChI is InChI=1S/C9H17N2O/c1-10-9(12)3-2-8-4-6-11-7-5-8/h8,11H,2-7H2,1H3. The number of amides is 1. The Labute approximate surface area is 73.9 Å². The Kier molecular flexibility index (Phi) is 4.08. The number of rotatable bonds is 3. The fourth-order valence-electron chi connectivity index (χ4n) is 1.61. The molecule has 0 atom stereocenters. The normalized spacial score (nSPS) is 19.1. The third-order valence-corrected chi connectivity index (χ3v) is 2.47. The van der Waals surface area contributed by atoms with Gasteiger partial charge in [0, 0.05) is 13.5 Å². The minimum absolute atomic E-state index is 0.0496. The summed E-state index contributed by atoms with van der Waals surface area (Å²) < 4.78 is 0. The summed E-state index contributed by atoms with van der Waals surface area (Å²) in [6.07, 6.45) is 4.10. The van der Waals surface area contributed by atoms with Crippen molar-refractivity contribution < 1.29 is 4.79 Å². The van der Waals surface area contributed by atoms with Crippen molar-refractivity contribution in [2.75, 3.05) is 20.1 Å². The molecule has 1 aliphatic rings. The summed E-state index contributed by atoms with van der Waals surface area (Å²) in [5, 5.41) is 6.93. The molecule has 0 aliphatic carbocycles. The molecule has 0 aromatic carbocycles. The van der Waals surface area contributed by atoms with Crippen molar-refractivity contribution >= 4 is 5.91 Å². The van der Waals surface area contributed by atoms with Crippen LogP contribution in [-0.4, -0.2) is 26.0 Å². The van der Waals surface area contributed by atoms with Crippen LogP contribution in [0.3, 0.4) is 0 Å². The van der Waals surface area contributed by atoms with Gasteiger partial charge in [-0.3, -0.25) is 10.1 Å². The maximum atomic E-state index is 10.9. The monoisotopic (exact) mass is 169 g/mol. The fourth-order valence-corrected chi connectivity index (χ4v) is 1.61. The van der Waals surface area contributed by atoms with Crippen molar-refractivity contribution in [3.8, 4) is 0 Å². The summed E-state index contributed by atoms with van der Waals surface area (Å²) in [6, 6.07) is 0. The zero-order chi connectivity index (χ0) is 8.81. The molecule has 0 spiro atoms. The summed E-state index contributed by atoms with van der Waals surface area (Å²) in [5.41, 5.74) is 0. The molecule has 0 saturated carbocycles. The summed E-state index contributed by atoms with van der Waals surface area (Å²) in [5.74, 6) is 0.797. The highest BCUT2D eigenvalue weighted by atomic mass is 16.1. The van der Waals surface area contributed by atoms with Crippen molar-refractivity contribution in [1.29, 1.82) is 0 Å². The first-order valence-electron chi connectivity index (χ1n) is 4.66. The molecular formula is C9H17N2O. The lowest BCUT2D eigenvalue weighted by Gasteiger charge is -2.21. The Morgan fingerprint density at radius 1 is 1.50 bits per heavy atom. The van der Waals surface area contributed by atoms with Gasteiger partial charge in [-0.2, -0.15) is 0 Å². The van der Waals surface area contributed by atoms with Crippen molar-refractivity contribution in [3.63, 3.8) is 0 Å². The highest BCUT2D eigenvalue weighted by molar-refractivity contribution is 5.75. The molecule has 0 aromatic rings. The van der Waals surface area contributed by atoms with E-state index in [4.69, 9.17) is 0 Å². The molecule has 1 fully saturated rings. The Balaban J connectivity index is 2.09. The third kappa shape index (κ3) is 3.22. The maximum absolute atomic E-state index is 10.9. The molecule has 1 radical (unpaired) electrons. The van der Waals surface area contributed by atoms with E-state index in [0.29, 0.717) is 6.42 Å². The molecule has 1 rings (SSSR count). The van der Waals surface area contributed by atoms with Crippen LogP contribution in [0.15, 0.2) is 0 Å². The number of carbonyl (C=O) groups excluding carboxylic acids is 1. The van der Waals surface area contributed by atoms with Crippen LogP contribution >= 0.6 is 0 Å². The summed E-state index contributed by atoms with van der Waals surface area (Å²) >= 11 is 0. The van der Waals surface area contributed by atoms with E-state index in [2.05, 4.69) is 10.6 Å². The second kappa shape index (κ2) is 5.14. The topological polar surface area (TPSA) is 43.2 Å². The van der Waals surface area contributed by atoms with E-state index in [1.807, 2.05) is 0 Å². The van der Waals surface area contributed by atoms with E-state index in [1.165, 1.54) is 12.8 Å². The van der Waals surface area contributed by atoms with E-state index >= 15 is 0 Å². The Bertz CT molecular complexity index is 141. The number of hydrogen-bond acceptors (Lipinski definition) is 2. The predicted octanol–water partition coefficient (Wildman–Crippen LogP) is 0.527. The average Bonchev–Trinajstić information content (AvgIpc) is 2.16. The van der Waals surface area contributed by atoms with Gasteiger partial charge < -0.3 is 5.32 Å². The van der Waals surface area contributed by atoms with Gasteiger partial charge in [-0.05, 0) is 38.3 Å². The second-order valence-electron chi connectivity index (χ2n) is 3.35. The number of nitrogens with zero attached hydrogens (tertiary/aromatic N) is 1. The van der Waals surface area contributed by atoms with Gasteiger partial charge in [-0.25, -0.2) is 0 Å². The highest BCUT2D eigenvalue weighted by Gasteiger charge is 2.13. The first kappa shape index (κ1) is 9.52. The third-order valence-electron chi connectivity index (χ3n) is 2.47. The van der Waals surface area contributed by atoms with Gasteiger partial charge in [0.15, 0.2) is 0 Å². The molecule has 1 saturated heterocycles. The van der Waals surface area contributed by atoms with E-state index < -0.39 is 0 Å². The van der Waals surface area contributed by atoms with Gasteiger partial charge in [-0.1, -0.05) is 0 Å². The average molecular weight is 169 g/mol. The highest BCUT2D eigenvalue weighted by Crippen LogP contribution is 2.17. The van der Waals surface area contributed by atoms with Gasteiger partial charge in [0.05, 0.1) is 0 Å². The Hall–Kier alpha value is -0.570. The lowest BCUT2D eigenvalue weighted by atomic mass is 9.93. The minimum Gasteiger partial charge on any atom is -0.317 e. The minimum atomic E-state index is 0.0496. The fraction of sp³-hybridized carbons (Fsp3) is 0.889. The van der Waals surface area contributed by atoms with E-state index in [9.17, 15) is 4.79 Å². The Morgan fingerprint density at radius 3 is 2.75 bits per heavy atom. The molecule has 12 heavy (non-hydrogen) atoms. The van der Waals surface area contributed by atoms with Crippen molar-refractivity contribution in [3.05, 3.63) is 0 Å². The summed E-state index contributed by atoms with van der Waals surface area (Å²) in [7, 11) is 1.57. The van der Waals surface area contributed by atoms with Crippen LogP contribution in [0.5, 0.6) is 0 Å². The zero-order valence-electron chi connectivity index (χ0n) is 7.68. The number of nitrogens with one attached hydrogen (secondary N) is 1. The molecule has 1 N–H and O–H groups in total. The molecule has 0 bridgehead atoms. The maximum Gasteiger partial charge on any atom is 0.240 e. The predicted molar refractivity (Wildman–Crippen MR) is 47.9 cm³/mol. The van der Waals surface area contributed by atoms with Crippen LogP contribution in [0.2, 0.25) is 0 Å². The molecule has 69 valence electrons. The molecule has 3 heteroatoms. The molecule has 1 heterocycles. The van der Waals surface area contributed by atoms with Crippen LogP contribution in [0.4, 0.5) is 0 Å². The zero-order valence-corrected chi connectivity index (χ0v) is 7.68. The SMILES string of the molecule is C[N]C(=O)CCC1CCNCC1. The number of carbonyl (C=O) groups is 1. The van der Waals surface area contributed by atoms with Crippen LogP contribution in [0, 0.1) is 5.92 Å². The lowest BCUT2D eigenvalue weighted by molar-refractivity contribution is -0.121. The van der Waals surface area contributed by atoms with Gasteiger partial charge in [0.25, 0.3) is 0 Å². The lowest BCUT2D eigenvalue weighted by Crippen LogP contribution is -2.28. The van der Waals surface area contributed by atoms with Crippen molar-refractivity contribution in [1.82, 2.24) is 10.6 Å². The van der Waals surface area contributed by atoms with Crippen LogP contribution in [-0.2, 0) is 4.79 Å². The molecule has 1 amide bonds. The van der Waals surface area contributed by atoms with E-state index in [-0.39, 0.29) is 5.91 Å².